The Hall–Kier alpha value is -2.24. The summed E-state index contributed by atoms with van der Waals surface area (Å²) in [5.74, 6) is -0.0916. The van der Waals surface area contributed by atoms with Gasteiger partial charge in [0.25, 0.3) is 5.91 Å². The van der Waals surface area contributed by atoms with E-state index in [4.69, 9.17) is 5.73 Å². The number of aryl methyl sites for hydroxylation is 2. The van der Waals surface area contributed by atoms with Crippen molar-refractivity contribution < 1.29 is 4.79 Å². The normalized spacial score (nSPS) is 10.7. The van der Waals surface area contributed by atoms with E-state index in [1.54, 1.807) is 16.9 Å². The Morgan fingerprint density at radius 2 is 2.30 bits per heavy atom. The zero-order valence-electron chi connectivity index (χ0n) is 12.0. The molecule has 0 aliphatic carbocycles. The van der Waals surface area contributed by atoms with E-state index >= 15 is 0 Å². The molecule has 0 saturated heterocycles. The summed E-state index contributed by atoms with van der Waals surface area (Å²) in [5.41, 5.74) is 7.96. The third-order valence-corrected chi connectivity index (χ3v) is 3.05. The minimum Gasteiger partial charge on any atom is -0.397 e. The van der Waals surface area contributed by atoms with Gasteiger partial charge in [-0.05, 0) is 18.6 Å². The Balaban J connectivity index is 1.91. The van der Waals surface area contributed by atoms with Crippen molar-refractivity contribution in [3.8, 4) is 0 Å². The lowest BCUT2D eigenvalue weighted by molar-refractivity contribution is 0.0944. The van der Waals surface area contributed by atoms with Crippen LogP contribution in [0, 0.1) is 0 Å². The Morgan fingerprint density at radius 3 is 2.95 bits per heavy atom. The monoisotopic (exact) mass is 275 g/mol. The number of nitrogens with two attached hydrogens (primary N) is 1. The number of carbonyl (C=O) groups excluding carboxylic acids is 1. The SMILES string of the molecule is CCCn1cc(N)cc1C(=O)NCCc1ccn(C)n1. The van der Waals surface area contributed by atoms with Crippen LogP contribution in [-0.4, -0.2) is 26.8 Å². The van der Waals surface area contributed by atoms with E-state index in [1.807, 2.05) is 23.9 Å². The van der Waals surface area contributed by atoms with Crippen molar-refractivity contribution in [1.82, 2.24) is 19.7 Å². The highest BCUT2D eigenvalue weighted by molar-refractivity contribution is 5.93. The number of hydrogen-bond donors (Lipinski definition) is 2. The first-order valence-corrected chi connectivity index (χ1v) is 6.82. The molecule has 0 aliphatic rings. The van der Waals surface area contributed by atoms with E-state index in [2.05, 4.69) is 17.3 Å². The molecular formula is C14H21N5O. The molecule has 0 bridgehead atoms. The molecule has 0 radical (unpaired) electrons. The van der Waals surface area contributed by atoms with Crippen molar-refractivity contribution in [1.29, 1.82) is 0 Å². The Kier molecular flexibility index (Phi) is 4.45. The van der Waals surface area contributed by atoms with Gasteiger partial charge in [0, 0.05) is 39.0 Å². The van der Waals surface area contributed by atoms with Gasteiger partial charge in [-0.15, -0.1) is 0 Å². The number of nitrogens with zero attached hydrogens (tertiary/aromatic N) is 3. The van der Waals surface area contributed by atoms with E-state index < -0.39 is 0 Å². The van der Waals surface area contributed by atoms with Gasteiger partial charge >= 0.3 is 0 Å². The third-order valence-electron chi connectivity index (χ3n) is 3.05. The first kappa shape index (κ1) is 14.2. The molecule has 2 heterocycles. The Bertz CT molecular complexity index is 584. The molecule has 2 aromatic rings. The number of rotatable bonds is 6. The first-order valence-electron chi connectivity index (χ1n) is 6.82. The second kappa shape index (κ2) is 6.27. The van der Waals surface area contributed by atoms with Crippen LogP contribution in [-0.2, 0) is 20.0 Å². The smallest absolute Gasteiger partial charge is 0.267 e. The number of nitrogens with one attached hydrogen (secondary N) is 1. The van der Waals surface area contributed by atoms with Crippen LogP contribution in [0.4, 0.5) is 5.69 Å². The van der Waals surface area contributed by atoms with Crippen LogP contribution in [0.15, 0.2) is 24.5 Å². The summed E-state index contributed by atoms with van der Waals surface area (Å²) < 4.78 is 3.65. The van der Waals surface area contributed by atoms with Gasteiger partial charge in [0.15, 0.2) is 0 Å². The summed E-state index contributed by atoms with van der Waals surface area (Å²) >= 11 is 0. The summed E-state index contributed by atoms with van der Waals surface area (Å²) in [6, 6.07) is 3.66. The van der Waals surface area contributed by atoms with Gasteiger partial charge in [-0.2, -0.15) is 5.10 Å². The number of anilines is 1. The van der Waals surface area contributed by atoms with Crippen LogP contribution in [0.2, 0.25) is 0 Å². The molecule has 1 amide bonds. The summed E-state index contributed by atoms with van der Waals surface area (Å²) in [6.07, 6.45) is 5.38. The second-order valence-electron chi connectivity index (χ2n) is 4.84. The highest BCUT2D eigenvalue weighted by Gasteiger charge is 2.12. The molecule has 0 aliphatic heterocycles. The minimum atomic E-state index is -0.0916. The van der Waals surface area contributed by atoms with Crippen molar-refractivity contribution in [2.24, 2.45) is 7.05 Å². The maximum absolute atomic E-state index is 12.1. The first-order chi connectivity index (χ1) is 9.60. The second-order valence-corrected chi connectivity index (χ2v) is 4.84. The van der Waals surface area contributed by atoms with Gasteiger partial charge < -0.3 is 15.6 Å². The fourth-order valence-electron chi connectivity index (χ4n) is 2.14. The number of carbonyl (C=O) groups is 1. The highest BCUT2D eigenvalue weighted by atomic mass is 16.1. The number of hydrogen-bond acceptors (Lipinski definition) is 3. The molecule has 0 atom stereocenters. The van der Waals surface area contributed by atoms with Gasteiger partial charge in [-0.25, -0.2) is 0 Å². The zero-order chi connectivity index (χ0) is 14.5. The van der Waals surface area contributed by atoms with E-state index in [-0.39, 0.29) is 5.91 Å². The third kappa shape index (κ3) is 3.40. The van der Waals surface area contributed by atoms with Gasteiger partial charge in [0.2, 0.25) is 0 Å². The predicted octanol–water partition coefficient (Wildman–Crippen LogP) is 1.19. The van der Waals surface area contributed by atoms with Crippen molar-refractivity contribution >= 4 is 11.6 Å². The molecule has 108 valence electrons. The zero-order valence-corrected chi connectivity index (χ0v) is 12.0. The molecule has 0 fully saturated rings. The lowest BCUT2D eigenvalue weighted by Gasteiger charge is -2.08. The Labute approximate surface area is 118 Å². The summed E-state index contributed by atoms with van der Waals surface area (Å²) in [6.45, 7) is 3.42. The largest absolute Gasteiger partial charge is 0.397 e. The average Bonchev–Trinajstić information content (AvgIpc) is 2.96. The highest BCUT2D eigenvalue weighted by Crippen LogP contribution is 2.11. The summed E-state index contributed by atoms with van der Waals surface area (Å²) in [7, 11) is 1.88. The van der Waals surface area contributed by atoms with Crippen LogP contribution >= 0.6 is 0 Å². The molecular weight excluding hydrogens is 254 g/mol. The van der Waals surface area contributed by atoms with Gasteiger partial charge in [0.1, 0.15) is 5.69 Å². The molecule has 2 aromatic heterocycles. The molecule has 0 unspecified atom stereocenters. The van der Waals surface area contributed by atoms with Crippen LogP contribution in [0.25, 0.3) is 0 Å². The average molecular weight is 275 g/mol. The van der Waals surface area contributed by atoms with Crippen LogP contribution in [0.3, 0.4) is 0 Å². The molecule has 20 heavy (non-hydrogen) atoms. The van der Waals surface area contributed by atoms with E-state index in [0.29, 0.717) is 17.9 Å². The lowest BCUT2D eigenvalue weighted by atomic mass is 10.3. The van der Waals surface area contributed by atoms with Gasteiger partial charge in [0.05, 0.1) is 11.4 Å². The van der Waals surface area contributed by atoms with Gasteiger partial charge in [-0.3, -0.25) is 9.48 Å². The quantitative estimate of drug-likeness (QED) is 0.831. The van der Waals surface area contributed by atoms with E-state index in [0.717, 1.165) is 25.1 Å². The molecule has 0 aromatic carbocycles. The molecule has 6 nitrogen and oxygen atoms in total. The standard InChI is InChI=1S/C14H21N5O/c1-3-7-19-10-11(15)9-13(19)14(20)16-6-4-12-5-8-18(2)17-12/h5,8-10H,3-4,6-7,15H2,1-2H3,(H,16,20). The maximum Gasteiger partial charge on any atom is 0.267 e. The maximum atomic E-state index is 12.1. The molecule has 6 heteroatoms. The van der Waals surface area contributed by atoms with Gasteiger partial charge in [-0.1, -0.05) is 6.92 Å². The van der Waals surface area contributed by atoms with Crippen molar-refractivity contribution in [2.75, 3.05) is 12.3 Å². The minimum absolute atomic E-state index is 0.0916. The molecule has 2 rings (SSSR count). The van der Waals surface area contributed by atoms with E-state index in [1.165, 1.54) is 0 Å². The number of amides is 1. The lowest BCUT2D eigenvalue weighted by Crippen LogP contribution is -2.27. The van der Waals surface area contributed by atoms with Crippen LogP contribution < -0.4 is 11.1 Å². The van der Waals surface area contributed by atoms with Crippen LogP contribution in [0.5, 0.6) is 0 Å². The van der Waals surface area contributed by atoms with E-state index in [9.17, 15) is 4.79 Å². The summed E-state index contributed by atoms with van der Waals surface area (Å²) in [4.78, 5) is 12.1. The fraction of sp³-hybridized carbons (Fsp3) is 0.429. The predicted molar refractivity (Wildman–Crippen MR) is 78.4 cm³/mol. The fourth-order valence-corrected chi connectivity index (χ4v) is 2.14. The van der Waals surface area contributed by atoms with Crippen molar-refractivity contribution in [2.45, 2.75) is 26.3 Å². The number of nitrogen functional groups attached to an aromatic ring is 1. The Morgan fingerprint density at radius 1 is 1.50 bits per heavy atom. The van der Waals surface area contributed by atoms with Crippen molar-refractivity contribution in [3.05, 3.63) is 35.9 Å². The van der Waals surface area contributed by atoms with Crippen molar-refractivity contribution in [3.63, 3.8) is 0 Å². The molecule has 0 saturated carbocycles. The molecule has 3 N–H and O–H groups in total. The topological polar surface area (TPSA) is 77.9 Å². The molecule has 0 spiro atoms. The summed E-state index contributed by atoms with van der Waals surface area (Å²) in [5, 5.41) is 7.18. The number of aromatic nitrogens is 3. The van der Waals surface area contributed by atoms with Crippen LogP contribution in [0.1, 0.15) is 29.5 Å².